The third-order valence-corrected chi connectivity index (χ3v) is 16.6. The van der Waals surface area contributed by atoms with Gasteiger partial charge in [-0.25, -0.2) is 0 Å². The van der Waals surface area contributed by atoms with Gasteiger partial charge in [0.2, 0.25) is 5.91 Å². The van der Waals surface area contributed by atoms with Crippen molar-refractivity contribution in [2.24, 2.45) is 0 Å². The largest absolute Gasteiger partial charge is 0.466 e. The first-order valence-electron chi connectivity index (χ1n) is 35.9. The van der Waals surface area contributed by atoms with Crippen LogP contribution in [0.5, 0.6) is 0 Å². The summed E-state index contributed by atoms with van der Waals surface area (Å²) in [6, 6.07) is -0.625. The van der Waals surface area contributed by atoms with Gasteiger partial charge in [-0.05, 0) is 89.9 Å². The molecule has 0 aliphatic rings. The fraction of sp³-hybridized carbons (Fsp3) is 0.865. The lowest BCUT2D eigenvalue weighted by Crippen LogP contribution is -2.45. The van der Waals surface area contributed by atoms with Gasteiger partial charge in [0.1, 0.15) is 0 Å². The first-order valence-corrected chi connectivity index (χ1v) is 35.9. The van der Waals surface area contributed by atoms with Crippen LogP contribution in [-0.4, -0.2) is 47.4 Å². The highest BCUT2D eigenvalue weighted by Crippen LogP contribution is 2.18. The number of aliphatic hydroxyl groups is 2. The Morgan fingerprint density at radius 1 is 0.350 bits per heavy atom. The Kier molecular flexibility index (Phi) is 67.4. The van der Waals surface area contributed by atoms with Gasteiger partial charge in [0, 0.05) is 12.8 Å². The monoisotopic (exact) mass is 1120 g/mol. The van der Waals surface area contributed by atoms with Gasteiger partial charge < -0.3 is 20.3 Å². The van der Waals surface area contributed by atoms with Crippen LogP contribution in [0, 0.1) is 0 Å². The van der Waals surface area contributed by atoms with E-state index in [1.54, 1.807) is 6.08 Å². The third kappa shape index (κ3) is 65.0. The summed E-state index contributed by atoms with van der Waals surface area (Å²) < 4.78 is 5.50. The van der Waals surface area contributed by atoms with E-state index in [0.717, 1.165) is 51.4 Å². The first-order chi connectivity index (χ1) is 39.5. The van der Waals surface area contributed by atoms with E-state index in [4.69, 9.17) is 4.74 Å². The molecule has 0 aliphatic heterocycles. The summed E-state index contributed by atoms with van der Waals surface area (Å²) in [5.41, 5.74) is 0. The Hall–Kier alpha value is -2.18. The number of ether oxygens (including phenoxy) is 1. The zero-order valence-electron chi connectivity index (χ0n) is 53.8. The van der Waals surface area contributed by atoms with E-state index in [1.165, 1.54) is 308 Å². The van der Waals surface area contributed by atoms with Crippen molar-refractivity contribution in [3.63, 3.8) is 0 Å². The van der Waals surface area contributed by atoms with Gasteiger partial charge in [0.05, 0.1) is 25.4 Å². The molecule has 0 aliphatic carbocycles. The minimum atomic E-state index is -0.841. The van der Waals surface area contributed by atoms with Crippen molar-refractivity contribution in [2.45, 2.75) is 398 Å². The predicted octanol–water partition coefficient (Wildman–Crippen LogP) is 23.3. The van der Waals surface area contributed by atoms with Crippen LogP contribution in [0.15, 0.2) is 48.6 Å². The molecule has 0 fully saturated rings. The number of hydrogen-bond acceptors (Lipinski definition) is 5. The molecular weight excluding hydrogens is 983 g/mol. The molecule has 0 aromatic heterocycles. The van der Waals surface area contributed by atoms with E-state index in [-0.39, 0.29) is 18.5 Å². The van der Waals surface area contributed by atoms with E-state index >= 15 is 0 Å². The van der Waals surface area contributed by atoms with Crippen LogP contribution < -0.4 is 5.32 Å². The van der Waals surface area contributed by atoms with E-state index in [9.17, 15) is 19.8 Å². The van der Waals surface area contributed by atoms with Crippen LogP contribution in [0.2, 0.25) is 0 Å². The van der Waals surface area contributed by atoms with E-state index in [1.807, 2.05) is 6.08 Å². The summed E-state index contributed by atoms with van der Waals surface area (Å²) >= 11 is 0. The number of carbonyl (C=O) groups excluding carboxylic acids is 2. The summed E-state index contributed by atoms with van der Waals surface area (Å²) in [4.78, 5) is 24.5. The molecule has 2 unspecified atom stereocenters. The van der Waals surface area contributed by atoms with Crippen molar-refractivity contribution < 1.29 is 24.5 Å². The highest BCUT2D eigenvalue weighted by molar-refractivity contribution is 5.76. The molecule has 80 heavy (non-hydrogen) atoms. The van der Waals surface area contributed by atoms with E-state index in [0.29, 0.717) is 19.4 Å². The molecule has 0 heterocycles. The molecule has 0 bridgehead atoms. The minimum absolute atomic E-state index is 0.0138. The highest BCUT2D eigenvalue weighted by atomic mass is 16.5. The zero-order chi connectivity index (χ0) is 57.8. The van der Waals surface area contributed by atoms with Crippen molar-refractivity contribution in [1.29, 1.82) is 0 Å². The predicted molar refractivity (Wildman–Crippen MR) is 352 cm³/mol. The van der Waals surface area contributed by atoms with Crippen molar-refractivity contribution in [3.05, 3.63) is 48.6 Å². The number of unbranched alkanes of at least 4 members (excludes halogenated alkanes) is 50. The Morgan fingerprint density at radius 3 is 0.963 bits per heavy atom. The molecule has 6 heteroatoms. The van der Waals surface area contributed by atoms with Gasteiger partial charge >= 0.3 is 5.97 Å². The topological polar surface area (TPSA) is 95.9 Å². The number of rotatable bonds is 67. The molecular formula is C74H139NO5. The van der Waals surface area contributed by atoms with Crippen molar-refractivity contribution >= 4 is 11.9 Å². The van der Waals surface area contributed by atoms with Crippen LogP contribution in [-0.2, 0) is 14.3 Å². The van der Waals surface area contributed by atoms with Crippen LogP contribution in [0.1, 0.15) is 386 Å². The fourth-order valence-corrected chi connectivity index (χ4v) is 11.1. The molecule has 470 valence electrons. The summed E-state index contributed by atoms with van der Waals surface area (Å²) in [5, 5.41) is 23.0. The maximum atomic E-state index is 12.4. The second-order valence-electron chi connectivity index (χ2n) is 24.6. The number of amides is 1. The number of carbonyl (C=O) groups is 2. The Bertz CT molecular complexity index is 1340. The Balaban J connectivity index is 3.35. The SMILES string of the molecule is CCCCCCCCC/C=C\CCCCCCCCCC(=O)OCCCCCCCCCCCCC/C=C\C/C=C\CCCCCCCCCCCCCCCCCCCC(=O)NC(CO)C(O)/C=C/CCCCCCCCCC. The van der Waals surface area contributed by atoms with Gasteiger partial charge in [-0.15, -0.1) is 0 Å². The smallest absolute Gasteiger partial charge is 0.305 e. The second kappa shape index (κ2) is 69.3. The average Bonchev–Trinajstić information content (AvgIpc) is 3.46. The lowest BCUT2D eigenvalue weighted by atomic mass is 10.0. The number of nitrogens with one attached hydrogen (secondary N) is 1. The van der Waals surface area contributed by atoms with Crippen LogP contribution in [0.3, 0.4) is 0 Å². The molecule has 0 radical (unpaired) electrons. The maximum absolute atomic E-state index is 12.4. The Labute approximate surface area is 499 Å². The van der Waals surface area contributed by atoms with Crippen molar-refractivity contribution in [2.75, 3.05) is 13.2 Å². The molecule has 3 N–H and O–H groups in total. The fourth-order valence-electron chi connectivity index (χ4n) is 11.1. The molecule has 0 aromatic rings. The summed E-state index contributed by atoms with van der Waals surface area (Å²) in [6.07, 6.45) is 90.7. The number of aliphatic hydroxyl groups excluding tert-OH is 2. The summed E-state index contributed by atoms with van der Waals surface area (Å²) in [7, 11) is 0. The summed E-state index contributed by atoms with van der Waals surface area (Å²) in [6.45, 7) is 4.90. The molecule has 0 rings (SSSR count). The van der Waals surface area contributed by atoms with Gasteiger partial charge in [-0.2, -0.15) is 0 Å². The first kappa shape index (κ1) is 77.8. The third-order valence-electron chi connectivity index (χ3n) is 16.6. The summed E-state index contributed by atoms with van der Waals surface area (Å²) in [5.74, 6) is -0.0529. The number of esters is 1. The van der Waals surface area contributed by atoms with E-state index in [2.05, 4.69) is 55.6 Å². The molecule has 0 aromatic carbocycles. The average molecular weight is 1120 g/mol. The van der Waals surface area contributed by atoms with Crippen molar-refractivity contribution in [1.82, 2.24) is 5.32 Å². The highest BCUT2D eigenvalue weighted by Gasteiger charge is 2.18. The van der Waals surface area contributed by atoms with Crippen LogP contribution in [0.25, 0.3) is 0 Å². The number of allylic oxidation sites excluding steroid dienone is 7. The van der Waals surface area contributed by atoms with Crippen LogP contribution >= 0.6 is 0 Å². The number of hydrogen-bond donors (Lipinski definition) is 3. The lowest BCUT2D eigenvalue weighted by molar-refractivity contribution is -0.143. The van der Waals surface area contributed by atoms with Crippen LogP contribution in [0.4, 0.5) is 0 Å². The van der Waals surface area contributed by atoms with Gasteiger partial charge in [0.25, 0.3) is 0 Å². The molecule has 0 spiro atoms. The molecule has 2 atom stereocenters. The van der Waals surface area contributed by atoms with E-state index < -0.39 is 12.1 Å². The normalized spacial score (nSPS) is 12.8. The second-order valence-corrected chi connectivity index (χ2v) is 24.6. The van der Waals surface area contributed by atoms with Gasteiger partial charge in [-0.1, -0.05) is 332 Å². The Morgan fingerprint density at radius 2 is 0.625 bits per heavy atom. The van der Waals surface area contributed by atoms with Gasteiger partial charge in [-0.3, -0.25) is 9.59 Å². The minimum Gasteiger partial charge on any atom is -0.466 e. The lowest BCUT2D eigenvalue weighted by Gasteiger charge is -2.20. The molecule has 0 saturated carbocycles. The quantitative estimate of drug-likeness (QED) is 0.0320. The van der Waals surface area contributed by atoms with Gasteiger partial charge in [0.15, 0.2) is 0 Å². The zero-order valence-corrected chi connectivity index (χ0v) is 53.8. The maximum Gasteiger partial charge on any atom is 0.305 e. The molecule has 6 nitrogen and oxygen atoms in total. The standard InChI is InChI=1S/C74H139NO5/c1-3-5-7-9-11-13-15-16-17-18-39-42-45-48-52-56-60-64-68-74(79)80-69-65-61-57-53-49-46-43-40-37-35-33-31-29-27-25-23-21-19-20-22-24-26-28-30-32-34-36-38-41-44-47-51-55-59-63-67-73(78)75-71(70-76)72(77)66-62-58-54-50-14-12-10-8-6-4-2/h17-18,21,23,27,29,62,66,71-72,76-77H,3-16,19-20,22,24-26,28,30-61,63-65,67-70H2,1-2H3,(H,75,78)/b18-17-,23-21-,29-27-,66-62+. The molecule has 1 amide bonds. The molecule has 0 saturated heterocycles. The van der Waals surface area contributed by atoms with Crippen molar-refractivity contribution in [3.8, 4) is 0 Å².